The van der Waals surface area contributed by atoms with Gasteiger partial charge < -0.3 is 18.6 Å². The van der Waals surface area contributed by atoms with Gasteiger partial charge in [-0.25, -0.2) is 0 Å². The van der Waals surface area contributed by atoms with E-state index in [-0.39, 0.29) is 5.92 Å². The number of aromatic nitrogens is 2. The van der Waals surface area contributed by atoms with E-state index in [1.54, 1.807) is 0 Å². The van der Waals surface area contributed by atoms with Crippen LogP contribution in [0.1, 0.15) is 32.6 Å². The third-order valence-corrected chi connectivity index (χ3v) is 3.11. The van der Waals surface area contributed by atoms with Crippen molar-refractivity contribution in [2.45, 2.75) is 26.7 Å². The third kappa shape index (κ3) is 5.65. The van der Waals surface area contributed by atoms with Crippen molar-refractivity contribution >= 4 is 0 Å². The summed E-state index contributed by atoms with van der Waals surface area (Å²) in [6, 6.07) is 7.58. The Morgan fingerprint density at radius 2 is 1.65 bits per heavy atom. The first-order valence-corrected chi connectivity index (χ1v) is 7.92. The Morgan fingerprint density at radius 3 is 2.30 bits per heavy atom. The first kappa shape index (κ1) is 17.4. The van der Waals surface area contributed by atoms with Crippen molar-refractivity contribution in [2.75, 3.05) is 33.0 Å². The van der Waals surface area contributed by atoms with E-state index in [2.05, 4.69) is 10.2 Å². The van der Waals surface area contributed by atoms with Crippen molar-refractivity contribution in [1.82, 2.24) is 10.2 Å². The molecule has 6 heteroatoms. The molecule has 0 saturated heterocycles. The number of hydrogen-bond acceptors (Lipinski definition) is 6. The monoisotopic (exact) mass is 320 g/mol. The standard InChI is InChI=1S/C17H24N2O4/c1-4-20-9-10-21-11-12-22-15-7-5-14(6-8-15)17-19-18-16(23-17)13(2)3/h5-8,13H,4,9-12H2,1-3H3. The molecular weight excluding hydrogens is 296 g/mol. The van der Waals surface area contributed by atoms with Gasteiger partial charge in [0.25, 0.3) is 0 Å². The van der Waals surface area contributed by atoms with Crippen LogP contribution in [-0.4, -0.2) is 43.2 Å². The van der Waals surface area contributed by atoms with Crippen molar-refractivity contribution in [3.63, 3.8) is 0 Å². The Morgan fingerprint density at radius 1 is 0.957 bits per heavy atom. The van der Waals surface area contributed by atoms with Crippen LogP contribution in [0.4, 0.5) is 0 Å². The highest BCUT2D eigenvalue weighted by Crippen LogP contribution is 2.23. The van der Waals surface area contributed by atoms with Gasteiger partial charge >= 0.3 is 0 Å². The summed E-state index contributed by atoms with van der Waals surface area (Å²) in [5, 5.41) is 8.09. The molecule has 126 valence electrons. The minimum atomic E-state index is 0.224. The molecule has 0 spiro atoms. The zero-order valence-corrected chi connectivity index (χ0v) is 13.9. The Balaban J connectivity index is 1.76. The van der Waals surface area contributed by atoms with Crippen LogP contribution in [-0.2, 0) is 9.47 Å². The molecule has 1 heterocycles. The fourth-order valence-electron chi connectivity index (χ4n) is 1.86. The van der Waals surface area contributed by atoms with E-state index in [1.165, 1.54) is 0 Å². The van der Waals surface area contributed by atoms with Gasteiger partial charge in [0.15, 0.2) is 0 Å². The first-order valence-electron chi connectivity index (χ1n) is 7.92. The van der Waals surface area contributed by atoms with Crippen molar-refractivity contribution < 1.29 is 18.6 Å². The van der Waals surface area contributed by atoms with Gasteiger partial charge in [-0.2, -0.15) is 0 Å². The van der Waals surface area contributed by atoms with Gasteiger partial charge in [-0.3, -0.25) is 0 Å². The zero-order chi connectivity index (χ0) is 16.5. The molecular formula is C17H24N2O4. The minimum absolute atomic E-state index is 0.224. The van der Waals surface area contributed by atoms with E-state index < -0.39 is 0 Å². The molecule has 0 unspecified atom stereocenters. The first-order chi connectivity index (χ1) is 11.2. The third-order valence-electron chi connectivity index (χ3n) is 3.11. The molecule has 0 amide bonds. The topological polar surface area (TPSA) is 66.6 Å². The molecule has 2 rings (SSSR count). The van der Waals surface area contributed by atoms with Crippen LogP contribution in [0.15, 0.2) is 28.7 Å². The highest BCUT2D eigenvalue weighted by Gasteiger charge is 2.11. The summed E-state index contributed by atoms with van der Waals surface area (Å²) in [6.45, 7) is 8.96. The van der Waals surface area contributed by atoms with Crippen molar-refractivity contribution in [3.05, 3.63) is 30.2 Å². The van der Waals surface area contributed by atoms with Crippen molar-refractivity contribution in [3.8, 4) is 17.2 Å². The highest BCUT2D eigenvalue weighted by molar-refractivity contribution is 5.53. The van der Waals surface area contributed by atoms with Gasteiger partial charge in [-0.15, -0.1) is 10.2 Å². The Labute approximate surface area is 136 Å². The minimum Gasteiger partial charge on any atom is -0.491 e. The van der Waals surface area contributed by atoms with Gasteiger partial charge in [0.1, 0.15) is 12.4 Å². The van der Waals surface area contributed by atoms with E-state index in [0.29, 0.717) is 44.8 Å². The summed E-state index contributed by atoms with van der Waals surface area (Å²) in [7, 11) is 0. The van der Waals surface area contributed by atoms with Gasteiger partial charge in [0.05, 0.1) is 19.8 Å². The second kappa shape index (κ2) is 9.27. The fourth-order valence-corrected chi connectivity index (χ4v) is 1.86. The maximum Gasteiger partial charge on any atom is 0.247 e. The molecule has 0 bridgehead atoms. The van der Waals surface area contributed by atoms with Crippen LogP contribution < -0.4 is 4.74 Å². The number of nitrogens with zero attached hydrogens (tertiary/aromatic N) is 2. The molecule has 0 fully saturated rings. The second-order valence-electron chi connectivity index (χ2n) is 5.28. The van der Waals surface area contributed by atoms with Crippen molar-refractivity contribution in [2.24, 2.45) is 0 Å². The quantitative estimate of drug-likeness (QED) is 0.626. The van der Waals surface area contributed by atoms with E-state index in [1.807, 2.05) is 45.0 Å². The molecule has 0 atom stereocenters. The summed E-state index contributed by atoms with van der Waals surface area (Å²) in [4.78, 5) is 0. The predicted molar refractivity (Wildman–Crippen MR) is 86.6 cm³/mol. The number of rotatable bonds is 10. The van der Waals surface area contributed by atoms with Crippen LogP contribution in [0, 0.1) is 0 Å². The maximum atomic E-state index is 5.62. The molecule has 2 aromatic rings. The molecule has 1 aromatic carbocycles. The molecule has 0 saturated carbocycles. The van der Waals surface area contributed by atoms with Crippen molar-refractivity contribution in [1.29, 1.82) is 0 Å². The van der Waals surface area contributed by atoms with E-state index in [4.69, 9.17) is 18.6 Å². The lowest BCUT2D eigenvalue weighted by molar-refractivity contribution is 0.0405. The average molecular weight is 320 g/mol. The number of ether oxygens (including phenoxy) is 3. The van der Waals surface area contributed by atoms with Crippen LogP contribution in [0.25, 0.3) is 11.5 Å². The fraction of sp³-hybridized carbons (Fsp3) is 0.529. The van der Waals surface area contributed by atoms with E-state index in [0.717, 1.165) is 11.3 Å². The van der Waals surface area contributed by atoms with Crippen LogP contribution in [0.5, 0.6) is 5.75 Å². The Kier molecular flexibility index (Phi) is 7.03. The maximum absolute atomic E-state index is 5.62. The average Bonchev–Trinajstić information content (AvgIpc) is 3.05. The Bertz CT molecular complexity index is 566. The summed E-state index contributed by atoms with van der Waals surface area (Å²) < 4.78 is 21.8. The smallest absolute Gasteiger partial charge is 0.247 e. The lowest BCUT2D eigenvalue weighted by Gasteiger charge is -2.07. The van der Waals surface area contributed by atoms with Crippen LogP contribution >= 0.6 is 0 Å². The molecule has 23 heavy (non-hydrogen) atoms. The summed E-state index contributed by atoms with van der Waals surface area (Å²) >= 11 is 0. The Hall–Kier alpha value is -1.92. The summed E-state index contributed by atoms with van der Waals surface area (Å²) in [5.74, 6) is 2.18. The molecule has 0 aliphatic heterocycles. The predicted octanol–water partition coefficient (Wildman–Crippen LogP) is 3.29. The molecule has 6 nitrogen and oxygen atoms in total. The number of hydrogen-bond donors (Lipinski definition) is 0. The molecule has 1 aromatic heterocycles. The summed E-state index contributed by atoms with van der Waals surface area (Å²) in [5.41, 5.74) is 0.879. The lowest BCUT2D eigenvalue weighted by Crippen LogP contribution is -2.10. The van der Waals surface area contributed by atoms with Gasteiger partial charge in [0, 0.05) is 18.1 Å². The van der Waals surface area contributed by atoms with Gasteiger partial charge in [-0.1, -0.05) is 13.8 Å². The second-order valence-corrected chi connectivity index (χ2v) is 5.28. The van der Waals surface area contributed by atoms with Crippen LogP contribution in [0.3, 0.4) is 0 Å². The van der Waals surface area contributed by atoms with E-state index >= 15 is 0 Å². The molecule has 0 aliphatic carbocycles. The van der Waals surface area contributed by atoms with Gasteiger partial charge in [-0.05, 0) is 31.2 Å². The summed E-state index contributed by atoms with van der Waals surface area (Å²) in [6.07, 6.45) is 0. The SMILES string of the molecule is CCOCCOCCOc1ccc(-c2nnc(C(C)C)o2)cc1. The number of benzene rings is 1. The molecule has 0 aliphatic rings. The normalized spacial score (nSPS) is 11.1. The molecule has 0 N–H and O–H groups in total. The van der Waals surface area contributed by atoms with Crippen LogP contribution in [0.2, 0.25) is 0 Å². The molecule has 0 radical (unpaired) electrons. The zero-order valence-electron chi connectivity index (χ0n) is 13.9. The lowest BCUT2D eigenvalue weighted by atomic mass is 10.2. The highest BCUT2D eigenvalue weighted by atomic mass is 16.5. The largest absolute Gasteiger partial charge is 0.491 e. The van der Waals surface area contributed by atoms with E-state index in [9.17, 15) is 0 Å². The van der Waals surface area contributed by atoms with Gasteiger partial charge in [0.2, 0.25) is 11.8 Å².